The van der Waals surface area contributed by atoms with Crippen LogP contribution in [0.4, 0.5) is 0 Å². The summed E-state index contributed by atoms with van der Waals surface area (Å²) in [5.41, 5.74) is 4.71. The molecule has 9 nitrogen and oxygen atoms in total. The summed E-state index contributed by atoms with van der Waals surface area (Å²) >= 11 is 0. The molecule has 0 unspecified atom stereocenters. The van der Waals surface area contributed by atoms with E-state index in [4.69, 9.17) is 37.9 Å². The molecule has 0 heterocycles. The maximum atomic E-state index is 12.3. The normalized spacial score (nSPS) is 21.2. The van der Waals surface area contributed by atoms with E-state index in [0.717, 1.165) is 45.1 Å². The molecular weight excluding hydrogens is 672 g/mol. The first kappa shape index (κ1) is 38.0. The Labute approximate surface area is 311 Å². The average molecular weight is 721 g/mol. The minimum absolute atomic E-state index is 0.213. The topological polar surface area (TPSA) is 94.1 Å². The van der Waals surface area contributed by atoms with E-state index in [1.165, 1.54) is 0 Å². The lowest BCUT2D eigenvalue weighted by Crippen LogP contribution is -2.66. The van der Waals surface area contributed by atoms with E-state index in [1.54, 1.807) is 21.3 Å². The van der Waals surface area contributed by atoms with Gasteiger partial charge < -0.3 is 43.0 Å². The Morgan fingerprint density at radius 3 is 0.868 bits per heavy atom. The van der Waals surface area contributed by atoms with Gasteiger partial charge in [0.15, 0.2) is 0 Å². The molecule has 0 aromatic heterocycles. The van der Waals surface area contributed by atoms with Crippen molar-refractivity contribution in [3.8, 4) is 17.2 Å². The van der Waals surface area contributed by atoms with Crippen molar-refractivity contribution in [1.29, 1.82) is 0 Å². The predicted octanol–water partition coefficient (Wildman–Crippen LogP) is 7.31. The predicted molar refractivity (Wildman–Crippen MR) is 201 cm³/mol. The van der Waals surface area contributed by atoms with Crippen LogP contribution >= 0.6 is 0 Å². The summed E-state index contributed by atoms with van der Waals surface area (Å²) in [7, 11) is 4.91. The number of methoxy groups -OCH3 is 3. The molecular formula is C44H48O9. The Morgan fingerprint density at radius 2 is 0.585 bits per heavy atom. The van der Waals surface area contributed by atoms with E-state index in [0.29, 0.717) is 0 Å². The molecule has 1 aliphatic carbocycles. The van der Waals surface area contributed by atoms with Gasteiger partial charge in [-0.15, -0.1) is 0 Å². The maximum absolute atomic E-state index is 12.3. The first-order valence-electron chi connectivity index (χ1n) is 17.8. The van der Waals surface area contributed by atoms with Gasteiger partial charge in [0, 0.05) is 0 Å². The number of aliphatic hydroxyl groups excluding tert-OH is 1. The molecule has 53 heavy (non-hydrogen) atoms. The monoisotopic (exact) mass is 720 g/mol. The standard InChI is InChI=1S/C44H48O9/c1-46-36-20-14-33(15-21-36)28-50-41-39(45)40(49-26-31-10-6-4-7-11-31)43(52-29-34-16-22-37(47-2)23-17-34)44(42(41)51-27-32-12-8-5-9-13-32)53-30-35-18-24-38(48-3)25-19-35/h4-25,39-45H,26-30H2,1-3H3/t39-,40+,41-,42+,43-,44-/m1/s1. The molecule has 1 N–H and O–H groups in total. The molecule has 0 radical (unpaired) electrons. The summed E-state index contributed by atoms with van der Waals surface area (Å²) in [5, 5.41) is 12.3. The highest BCUT2D eigenvalue weighted by molar-refractivity contribution is 5.29. The fourth-order valence-corrected chi connectivity index (χ4v) is 6.37. The van der Waals surface area contributed by atoms with Crippen LogP contribution in [0, 0.1) is 0 Å². The van der Waals surface area contributed by atoms with Gasteiger partial charge in [0.25, 0.3) is 0 Å². The van der Waals surface area contributed by atoms with Crippen LogP contribution in [0.15, 0.2) is 133 Å². The molecule has 278 valence electrons. The van der Waals surface area contributed by atoms with Crippen molar-refractivity contribution in [3.63, 3.8) is 0 Å². The van der Waals surface area contributed by atoms with Gasteiger partial charge in [-0.2, -0.15) is 0 Å². The van der Waals surface area contributed by atoms with Gasteiger partial charge in [0.2, 0.25) is 0 Å². The third-order valence-corrected chi connectivity index (χ3v) is 9.34. The lowest BCUT2D eigenvalue weighted by molar-refractivity contribution is -0.283. The summed E-state index contributed by atoms with van der Waals surface area (Å²) in [4.78, 5) is 0. The van der Waals surface area contributed by atoms with E-state index >= 15 is 0 Å². The molecule has 5 aromatic carbocycles. The van der Waals surface area contributed by atoms with Crippen LogP contribution in [0.2, 0.25) is 0 Å². The van der Waals surface area contributed by atoms with Crippen molar-refractivity contribution >= 4 is 0 Å². The van der Waals surface area contributed by atoms with Crippen LogP contribution < -0.4 is 14.2 Å². The average Bonchev–Trinajstić information content (AvgIpc) is 3.22. The lowest BCUT2D eigenvalue weighted by atomic mass is 9.83. The first-order chi connectivity index (χ1) is 26.0. The Kier molecular flexibility index (Phi) is 13.9. The van der Waals surface area contributed by atoms with Crippen molar-refractivity contribution < 1.29 is 43.0 Å². The number of hydrogen-bond acceptors (Lipinski definition) is 9. The second-order valence-electron chi connectivity index (χ2n) is 12.9. The van der Waals surface area contributed by atoms with Gasteiger partial charge in [0.1, 0.15) is 53.9 Å². The number of aliphatic hydroxyl groups is 1. The second-order valence-corrected chi connectivity index (χ2v) is 12.9. The van der Waals surface area contributed by atoms with Crippen molar-refractivity contribution in [2.24, 2.45) is 0 Å². The lowest BCUT2D eigenvalue weighted by Gasteiger charge is -2.48. The Bertz CT molecular complexity index is 1770. The Morgan fingerprint density at radius 1 is 0.340 bits per heavy atom. The number of ether oxygens (including phenoxy) is 8. The van der Waals surface area contributed by atoms with Crippen LogP contribution in [-0.4, -0.2) is 63.1 Å². The van der Waals surface area contributed by atoms with E-state index < -0.39 is 36.6 Å². The third kappa shape index (κ3) is 10.4. The molecule has 0 saturated heterocycles. The van der Waals surface area contributed by atoms with Crippen LogP contribution in [0.25, 0.3) is 0 Å². The van der Waals surface area contributed by atoms with Crippen molar-refractivity contribution in [3.05, 3.63) is 161 Å². The Hall–Kier alpha value is -4.74. The van der Waals surface area contributed by atoms with E-state index in [-0.39, 0.29) is 33.0 Å². The van der Waals surface area contributed by atoms with Crippen molar-refractivity contribution in [1.82, 2.24) is 0 Å². The molecule has 0 aliphatic heterocycles. The van der Waals surface area contributed by atoms with Gasteiger partial charge >= 0.3 is 0 Å². The van der Waals surface area contributed by atoms with Gasteiger partial charge in [0.05, 0.1) is 54.4 Å². The van der Waals surface area contributed by atoms with Gasteiger partial charge in [-0.25, -0.2) is 0 Å². The maximum Gasteiger partial charge on any atom is 0.118 e. The summed E-state index contributed by atoms with van der Waals surface area (Å²) in [6, 6.07) is 42.8. The molecule has 0 bridgehead atoms. The fourth-order valence-electron chi connectivity index (χ4n) is 6.37. The van der Waals surface area contributed by atoms with Gasteiger partial charge in [-0.05, 0) is 64.2 Å². The van der Waals surface area contributed by atoms with E-state index in [1.807, 2.05) is 133 Å². The summed E-state index contributed by atoms with van der Waals surface area (Å²) < 4.78 is 49.7. The molecule has 0 spiro atoms. The highest BCUT2D eigenvalue weighted by atomic mass is 16.6. The summed E-state index contributed by atoms with van der Waals surface area (Å²) in [6.45, 7) is 1.21. The molecule has 0 amide bonds. The van der Waals surface area contributed by atoms with Crippen molar-refractivity contribution in [2.75, 3.05) is 21.3 Å². The van der Waals surface area contributed by atoms with Crippen LogP contribution in [0.1, 0.15) is 27.8 Å². The summed E-state index contributed by atoms with van der Waals surface area (Å²) in [6.07, 6.45) is -5.05. The molecule has 9 heteroatoms. The number of rotatable bonds is 18. The molecule has 6 atom stereocenters. The van der Waals surface area contributed by atoms with E-state index in [9.17, 15) is 5.11 Å². The number of benzene rings is 5. The van der Waals surface area contributed by atoms with E-state index in [2.05, 4.69) is 0 Å². The van der Waals surface area contributed by atoms with Crippen molar-refractivity contribution in [2.45, 2.75) is 69.7 Å². The zero-order chi connectivity index (χ0) is 36.8. The SMILES string of the molecule is COc1ccc(CO[C@@H]2[C@@H](OCc3ccccc3)[C@H](OCc3ccc(OC)cc3)[C@H](O)[C@H](OCc3ccccc3)[C@H]2OCc2ccc(OC)cc2)cc1. The minimum Gasteiger partial charge on any atom is -0.497 e. The highest BCUT2D eigenvalue weighted by Crippen LogP contribution is 2.35. The fraction of sp³-hybridized carbons (Fsp3) is 0.318. The highest BCUT2D eigenvalue weighted by Gasteiger charge is 2.54. The Balaban J connectivity index is 1.35. The number of hydrogen-bond donors (Lipinski definition) is 1. The zero-order valence-electron chi connectivity index (χ0n) is 30.4. The molecule has 1 aliphatic rings. The summed E-state index contributed by atoms with van der Waals surface area (Å²) in [5.74, 6) is 2.24. The van der Waals surface area contributed by atoms with Gasteiger partial charge in [-0.3, -0.25) is 0 Å². The molecule has 5 aromatic rings. The minimum atomic E-state index is -1.14. The first-order valence-corrected chi connectivity index (χ1v) is 17.8. The molecule has 1 saturated carbocycles. The van der Waals surface area contributed by atoms with Crippen LogP contribution in [0.3, 0.4) is 0 Å². The molecule has 6 rings (SSSR count). The quantitative estimate of drug-likeness (QED) is 0.100. The second kappa shape index (κ2) is 19.4. The van der Waals surface area contributed by atoms with Crippen LogP contribution in [0.5, 0.6) is 17.2 Å². The largest absolute Gasteiger partial charge is 0.497 e. The van der Waals surface area contributed by atoms with Crippen LogP contribution in [-0.2, 0) is 56.7 Å². The molecule has 1 fully saturated rings. The van der Waals surface area contributed by atoms with Gasteiger partial charge in [-0.1, -0.05) is 97.1 Å². The zero-order valence-corrected chi connectivity index (χ0v) is 30.4. The smallest absolute Gasteiger partial charge is 0.118 e. The third-order valence-electron chi connectivity index (χ3n) is 9.34.